The van der Waals surface area contributed by atoms with Gasteiger partial charge in [0, 0.05) is 0 Å². The number of benzene rings is 1. The highest BCUT2D eigenvalue weighted by Gasteiger charge is 2.34. The normalized spacial score (nSPS) is 23.6. The van der Waals surface area contributed by atoms with Crippen LogP contribution < -0.4 is 10.7 Å². The molecule has 1 N–H and O–H groups in total. The lowest BCUT2D eigenvalue weighted by Crippen LogP contribution is -2.29. The number of carboxylic acids is 1. The molecule has 14 heavy (non-hydrogen) atoms. The zero-order chi connectivity index (χ0) is 10.3. The Bertz CT molecular complexity index is 521. The van der Waals surface area contributed by atoms with E-state index in [0.29, 0.717) is 10.7 Å². The molecule has 0 bridgehead atoms. The van der Waals surface area contributed by atoms with Crippen molar-refractivity contribution < 1.29 is 9.90 Å². The average Bonchev–Trinajstić information content (AvgIpc) is 2.45. The van der Waals surface area contributed by atoms with Crippen LogP contribution >= 0.6 is 0 Å². The van der Waals surface area contributed by atoms with Crippen molar-refractivity contribution in [2.75, 3.05) is 0 Å². The minimum absolute atomic E-state index is 0.662. The maximum Gasteiger partial charge on any atom is 0.354 e. The van der Waals surface area contributed by atoms with Gasteiger partial charge in [0.1, 0.15) is 0 Å². The molecule has 0 aromatic heterocycles. The molecule has 0 spiro atoms. The van der Waals surface area contributed by atoms with Gasteiger partial charge in [0.2, 0.25) is 5.66 Å². The zero-order valence-electron chi connectivity index (χ0n) is 7.98. The summed E-state index contributed by atoms with van der Waals surface area (Å²) in [5, 5.41) is 10.3. The van der Waals surface area contributed by atoms with Crippen LogP contribution in [0.1, 0.15) is 12.5 Å². The van der Waals surface area contributed by atoms with Crippen LogP contribution in [-0.4, -0.2) is 16.7 Å². The van der Waals surface area contributed by atoms with E-state index in [1.165, 1.54) is 6.92 Å². The molecule has 0 fully saturated rings. The van der Waals surface area contributed by atoms with E-state index < -0.39 is 11.6 Å². The maximum absolute atomic E-state index is 10.9. The van der Waals surface area contributed by atoms with Crippen LogP contribution in [0.5, 0.6) is 0 Å². The molecule has 0 saturated carbocycles. The summed E-state index contributed by atoms with van der Waals surface area (Å²) >= 11 is 0. The summed E-state index contributed by atoms with van der Waals surface area (Å²) in [5.41, 5.74) is -0.384. The van der Waals surface area contributed by atoms with Gasteiger partial charge in [0.25, 0.3) is 0 Å². The minimum Gasteiger partial charge on any atom is -0.478 e. The molecule has 1 aliphatic rings. The minimum atomic E-state index is -1.34. The third kappa shape index (κ3) is 1.11. The lowest BCUT2D eigenvalue weighted by molar-refractivity contribution is -0.142. The number of carbonyl (C=O) groups is 1. The molecule has 0 amide bonds. The van der Waals surface area contributed by atoms with Crippen molar-refractivity contribution in [1.82, 2.24) is 0 Å². The summed E-state index contributed by atoms with van der Waals surface area (Å²) in [6.07, 6.45) is 0. The summed E-state index contributed by atoms with van der Waals surface area (Å²) in [5.74, 6) is -1.02. The number of hydrogen-bond acceptors (Lipinski definition) is 3. The molecular weight excluding hydrogens is 180 g/mol. The third-order valence-electron chi connectivity index (χ3n) is 2.29. The Morgan fingerprint density at radius 1 is 1.43 bits per heavy atom. The van der Waals surface area contributed by atoms with E-state index in [1.54, 1.807) is 6.07 Å². The van der Waals surface area contributed by atoms with Gasteiger partial charge in [0.05, 0.1) is 10.7 Å². The second-order valence-electron chi connectivity index (χ2n) is 3.49. The van der Waals surface area contributed by atoms with Crippen LogP contribution in [0.3, 0.4) is 0 Å². The van der Waals surface area contributed by atoms with Crippen LogP contribution in [0.25, 0.3) is 0 Å². The van der Waals surface area contributed by atoms with E-state index in [0.717, 1.165) is 5.56 Å². The lowest BCUT2D eigenvalue weighted by Gasteiger charge is -2.09. The topological polar surface area (TPSA) is 62.0 Å². The van der Waals surface area contributed by atoms with E-state index in [-0.39, 0.29) is 0 Å². The average molecular weight is 190 g/mol. The van der Waals surface area contributed by atoms with Gasteiger partial charge in [-0.05, 0) is 25.5 Å². The number of hydrogen-bond donors (Lipinski definition) is 1. The standard InChI is InChI=1S/C10H10N2O2/c1-6-4-3-5-7-8(6)12-10(2,11-7)9(13)14/h3-5H,1-2H3,(H,13,14). The van der Waals surface area contributed by atoms with Crippen molar-refractivity contribution in [2.45, 2.75) is 19.5 Å². The van der Waals surface area contributed by atoms with Gasteiger partial charge in [-0.25, -0.2) is 14.8 Å². The predicted octanol–water partition coefficient (Wildman–Crippen LogP) is 0.0486. The van der Waals surface area contributed by atoms with Gasteiger partial charge < -0.3 is 5.11 Å². The largest absolute Gasteiger partial charge is 0.478 e. The SMILES string of the molecule is Cc1cccc2c1=NC(C)(C(=O)O)N=2. The Morgan fingerprint density at radius 3 is 2.71 bits per heavy atom. The predicted molar refractivity (Wildman–Crippen MR) is 49.5 cm³/mol. The first-order chi connectivity index (χ1) is 6.53. The lowest BCUT2D eigenvalue weighted by atomic mass is 10.2. The molecule has 1 unspecified atom stereocenters. The number of nitrogens with zero attached hydrogens (tertiary/aromatic N) is 2. The summed E-state index contributed by atoms with van der Waals surface area (Å²) in [4.78, 5) is 19.1. The molecule has 0 radical (unpaired) electrons. The number of carboxylic acid groups (broad SMARTS) is 1. The van der Waals surface area contributed by atoms with Gasteiger partial charge in [0.15, 0.2) is 0 Å². The number of aryl methyl sites for hydroxylation is 1. The van der Waals surface area contributed by atoms with Crippen molar-refractivity contribution in [3.05, 3.63) is 34.5 Å². The fraction of sp³-hybridized carbons (Fsp3) is 0.300. The first-order valence-corrected chi connectivity index (χ1v) is 4.32. The number of fused-ring (bicyclic) bond motifs is 1. The number of para-hydroxylation sites is 1. The van der Waals surface area contributed by atoms with Crippen molar-refractivity contribution in [1.29, 1.82) is 0 Å². The van der Waals surface area contributed by atoms with Gasteiger partial charge in [-0.15, -0.1) is 0 Å². The van der Waals surface area contributed by atoms with Gasteiger partial charge in [-0.1, -0.05) is 12.1 Å². The first kappa shape index (κ1) is 8.87. The molecular formula is C10H10N2O2. The highest BCUT2D eigenvalue weighted by atomic mass is 16.4. The quantitative estimate of drug-likeness (QED) is 0.680. The molecule has 1 atom stereocenters. The van der Waals surface area contributed by atoms with E-state index in [4.69, 9.17) is 5.11 Å². The Balaban J connectivity index is 2.76. The van der Waals surface area contributed by atoms with Gasteiger partial charge in [-0.3, -0.25) is 0 Å². The molecule has 2 rings (SSSR count). The van der Waals surface area contributed by atoms with E-state index in [9.17, 15) is 4.79 Å². The van der Waals surface area contributed by atoms with E-state index in [1.807, 2.05) is 19.1 Å². The molecule has 1 aromatic carbocycles. The number of aliphatic carboxylic acids is 1. The Kier molecular flexibility index (Phi) is 1.67. The Hall–Kier alpha value is -1.71. The molecule has 72 valence electrons. The third-order valence-corrected chi connectivity index (χ3v) is 2.29. The summed E-state index contributed by atoms with van der Waals surface area (Å²) in [6, 6.07) is 5.52. The van der Waals surface area contributed by atoms with Crippen molar-refractivity contribution >= 4 is 5.97 Å². The molecule has 1 aliphatic heterocycles. The van der Waals surface area contributed by atoms with E-state index in [2.05, 4.69) is 9.98 Å². The monoisotopic (exact) mass is 190 g/mol. The second-order valence-corrected chi connectivity index (χ2v) is 3.49. The summed E-state index contributed by atoms with van der Waals surface area (Å²) < 4.78 is 0. The highest BCUT2D eigenvalue weighted by Crippen LogP contribution is 2.12. The van der Waals surface area contributed by atoms with Crippen LogP contribution in [0, 0.1) is 6.92 Å². The fourth-order valence-electron chi connectivity index (χ4n) is 1.45. The summed E-state index contributed by atoms with van der Waals surface area (Å²) in [7, 11) is 0. The first-order valence-electron chi connectivity index (χ1n) is 4.32. The molecule has 1 aromatic rings. The highest BCUT2D eigenvalue weighted by molar-refractivity contribution is 5.78. The maximum atomic E-state index is 10.9. The fourth-order valence-corrected chi connectivity index (χ4v) is 1.45. The van der Waals surface area contributed by atoms with Crippen LogP contribution in [-0.2, 0) is 4.79 Å². The second kappa shape index (κ2) is 2.64. The Labute approximate surface area is 80.6 Å². The smallest absolute Gasteiger partial charge is 0.354 e. The Morgan fingerprint density at radius 2 is 2.14 bits per heavy atom. The molecule has 0 saturated heterocycles. The van der Waals surface area contributed by atoms with Crippen LogP contribution in [0.4, 0.5) is 0 Å². The van der Waals surface area contributed by atoms with Gasteiger partial charge >= 0.3 is 5.97 Å². The van der Waals surface area contributed by atoms with Crippen LogP contribution in [0.2, 0.25) is 0 Å². The van der Waals surface area contributed by atoms with Crippen molar-refractivity contribution in [3.63, 3.8) is 0 Å². The van der Waals surface area contributed by atoms with Gasteiger partial charge in [-0.2, -0.15) is 0 Å². The van der Waals surface area contributed by atoms with Crippen molar-refractivity contribution in [2.24, 2.45) is 9.98 Å². The number of rotatable bonds is 1. The molecule has 4 nitrogen and oxygen atoms in total. The molecule has 0 aliphatic carbocycles. The summed E-state index contributed by atoms with van der Waals surface area (Å²) in [6.45, 7) is 3.39. The van der Waals surface area contributed by atoms with Crippen LogP contribution in [0.15, 0.2) is 28.2 Å². The molecule has 1 heterocycles. The van der Waals surface area contributed by atoms with E-state index >= 15 is 0 Å². The van der Waals surface area contributed by atoms with Crippen molar-refractivity contribution in [3.8, 4) is 0 Å². The molecule has 4 heteroatoms. The zero-order valence-corrected chi connectivity index (χ0v) is 7.98.